The Balaban J connectivity index is 1.37. The molecule has 0 saturated carbocycles. The largest absolute Gasteiger partial charge is 0.496 e. The molecule has 4 rings (SSSR count). The number of methoxy groups -OCH3 is 1. The predicted molar refractivity (Wildman–Crippen MR) is 111 cm³/mol. The number of rotatable bonds is 6. The quantitative estimate of drug-likeness (QED) is 0.485. The van der Waals surface area contributed by atoms with Gasteiger partial charge in [0.2, 0.25) is 6.79 Å². The third-order valence-corrected chi connectivity index (χ3v) is 4.58. The van der Waals surface area contributed by atoms with Crippen LogP contribution in [-0.2, 0) is 4.79 Å². The number of amides is 2. The van der Waals surface area contributed by atoms with E-state index in [0.717, 1.165) is 16.3 Å². The van der Waals surface area contributed by atoms with E-state index in [1.807, 2.05) is 36.4 Å². The highest BCUT2D eigenvalue weighted by Gasteiger charge is 2.16. The van der Waals surface area contributed by atoms with Gasteiger partial charge in [-0.25, -0.2) is 5.43 Å². The van der Waals surface area contributed by atoms with Crippen molar-refractivity contribution in [1.82, 2.24) is 10.7 Å². The summed E-state index contributed by atoms with van der Waals surface area (Å²) in [6.45, 7) is -0.0976. The molecule has 0 aromatic heterocycles. The normalized spacial score (nSPS) is 12.2. The molecule has 0 aliphatic carbocycles. The van der Waals surface area contributed by atoms with Gasteiger partial charge < -0.3 is 19.5 Å². The molecule has 8 heteroatoms. The van der Waals surface area contributed by atoms with Crippen molar-refractivity contribution in [2.45, 2.75) is 0 Å². The van der Waals surface area contributed by atoms with Crippen LogP contribution >= 0.6 is 0 Å². The van der Waals surface area contributed by atoms with E-state index >= 15 is 0 Å². The molecule has 3 aromatic rings. The van der Waals surface area contributed by atoms with Gasteiger partial charge in [-0.1, -0.05) is 30.3 Å². The number of carbonyl (C=O) groups is 2. The first-order valence-electron chi connectivity index (χ1n) is 9.21. The van der Waals surface area contributed by atoms with Crippen LogP contribution in [0.4, 0.5) is 0 Å². The van der Waals surface area contributed by atoms with Crippen LogP contribution in [0.2, 0.25) is 0 Å². The molecule has 152 valence electrons. The Morgan fingerprint density at radius 1 is 1.10 bits per heavy atom. The third-order valence-electron chi connectivity index (χ3n) is 4.58. The van der Waals surface area contributed by atoms with Crippen molar-refractivity contribution < 1.29 is 23.8 Å². The summed E-state index contributed by atoms with van der Waals surface area (Å²) in [5, 5.41) is 8.53. The van der Waals surface area contributed by atoms with Crippen molar-refractivity contribution in [3.63, 3.8) is 0 Å². The average Bonchev–Trinajstić information content (AvgIpc) is 3.25. The lowest BCUT2D eigenvalue weighted by Crippen LogP contribution is -2.34. The Morgan fingerprint density at radius 2 is 1.93 bits per heavy atom. The number of nitrogens with one attached hydrogen (secondary N) is 2. The standard InChI is InChI=1S/C22H19N3O5/c1-28-18-8-6-14-4-2-3-5-16(14)17(18)11-24-25-21(26)12-23-22(27)15-7-9-19-20(10-15)30-13-29-19/h2-11H,12-13H2,1H3,(H,23,27)(H,25,26)/b24-11-. The number of carbonyl (C=O) groups excluding carboxylic acids is 2. The zero-order valence-electron chi connectivity index (χ0n) is 16.2. The van der Waals surface area contributed by atoms with Gasteiger partial charge in [-0.3, -0.25) is 9.59 Å². The summed E-state index contributed by atoms with van der Waals surface area (Å²) >= 11 is 0. The van der Waals surface area contributed by atoms with Crippen molar-refractivity contribution in [3.8, 4) is 17.2 Å². The predicted octanol–water partition coefficient (Wildman–Crippen LogP) is 2.46. The summed E-state index contributed by atoms with van der Waals surface area (Å²) in [6.07, 6.45) is 1.53. The molecule has 3 aromatic carbocycles. The minimum atomic E-state index is -0.459. The molecule has 0 spiro atoms. The Kier molecular flexibility index (Phi) is 5.47. The molecule has 0 atom stereocenters. The first-order chi connectivity index (χ1) is 14.7. The number of fused-ring (bicyclic) bond motifs is 2. The lowest BCUT2D eigenvalue weighted by Gasteiger charge is -2.08. The van der Waals surface area contributed by atoms with Gasteiger partial charge in [0.15, 0.2) is 11.5 Å². The van der Waals surface area contributed by atoms with E-state index in [0.29, 0.717) is 22.8 Å². The maximum absolute atomic E-state index is 12.2. The second-order valence-electron chi connectivity index (χ2n) is 6.45. The van der Waals surface area contributed by atoms with E-state index in [1.165, 1.54) is 6.21 Å². The molecule has 0 radical (unpaired) electrons. The molecule has 1 aliphatic rings. The van der Waals surface area contributed by atoms with E-state index in [9.17, 15) is 9.59 Å². The van der Waals surface area contributed by atoms with Crippen molar-refractivity contribution in [2.24, 2.45) is 5.10 Å². The van der Waals surface area contributed by atoms with E-state index < -0.39 is 11.8 Å². The van der Waals surface area contributed by atoms with Crippen LogP contribution in [0.15, 0.2) is 59.7 Å². The fourth-order valence-electron chi connectivity index (χ4n) is 3.10. The second-order valence-corrected chi connectivity index (χ2v) is 6.45. The Hall–Kier alpha value is -4.07. The van der Waals surface area contributed by atoms with Gasteiger partial charge in [0.05, 0.1) is 19.9 Å². The molecule has 30 heavy (non-hydrogen) atoms. The summed E-state index contributed by atoms with van der Waals surface area (Å²) in [7, 11) is 1.58. The van der Waals surface area contributed by atoms with E-state index in [-0.39, 0.29) is 13.3 Å². The van der Waals surface area contributed by atoms with Gasteiger partial charge in [0, 0.05) is 11.1 Å². The number of hydrogen-bond donors (Lipinski definition) is 2. The van der Waals surface area contributed by atoms with E-state index in [4.69, 9.17) is 14.2 Å². The summed E-state index contributed by atoms with van der Waals surface area (Å²) in [5.74, 6) is 0.869. The highest BCUT2D eigenvalue weighted by molar-refractivity contribution is 6.03. The minimum absolute atomic E-state index is 0.127. The maximum atomic E-state index is 12.2. The van der Waals surface area contributed by atoms with Crippen LogP contribution in [-0.4, -0.2) is 38.5 Å². The summed E-state index contributed by atoms with van der Waals surface area (Å²) in [4.78, 5) is 24.3. The molecule has 0 unspecified atom stereocenters. The summed E-state index contributed by atoms with van der Waals surface area (Å²) < 4.78 is 15.9. The molecular formula is C22H19N3O5. The van der Waals surface area contributed by atoms with Crippen LogP contribution in [0.25, 0.3) is 10.8 Å². The van der Waals surface area contributed by atoms with Crippen LogP contribution in [0.1, 0.15) is 15.9 Å². The SMILES string of the molecule is COc1ccc2ccccc2c1/C=N\NC(=O)CNC(=O)c1ccc2c(c1)OCO2. The Bertz CT molecular complexity index is 1140. The first kappa shape index (κ1) is 19.3. The zero-order valence-corrected chi connectivity index (χ0v) is 16.2. The topological polar surface area (TPSA) is 98.2 Å². The molecule has 0 bridgehead atoms. The van der Waals surface area contributed by atoms with Crippen molar-refractivity contribution in [2.75, 3.05) is 20.4 Å². The molecule has 8 nitrogen and oxygen atoms in total. The van der Waals surface area contributed by atoms with Crippen LogP contribution in [0, 0.1) is 0 Å². The van der Waals surface area contributed by atoms with Gasteiger partial charge in [-0.2, -0.15) is 5.10 Å². The van der Waals surface area contributed by atoms with Crippen molar-refractivity contribution in [1.29, 1.82) is 0 Å². The highest BCUT2D eigenvalue weighted by atomic mass is 16.7. The fourth-order valence-corrected chi connectivity index (χ4v) is 3.10. The molecule has 0 fully saturated rings. The van der Waals surface area contributed by atoms with Gasteiger partial charge >= 0.3 is 0 Å². The van der Waals surface area contributed by atoms with E-state index in [2.05, 4.69) is 15.8 Å². The average molecular weight is 405 g/mol. The molecular weight excluding hydrogens is 386 g/mol. The lowest BCUT2D eigenvalue weighted by molar-refractivity contribution is -0.120. The third kappa shape index (κ3) is 4.02. The smallest absolute Gasteiger partial charge is 0.259 e. The molecule has 2 N–H and O–H groups in total. The van der Waals surface area contributed by atoms with Gasteiger partial charge in [-0.15, -0.1) is 0 Å². The monoisotopic (exact) mass is 405 g/mol. The van der Waals surface area contributed by atoms with Gasteiger partial charge in [-0.05, 0) is 35.0 Å². The van der Waals surface area contributed by atoms with Crippen LogP contribution in [0.5, 0.6) is 17.2 Å². The molecule has 1 heterocycles. The Morgan fingerprint density at radius 3 is 2.80 bits per heavy atom. The second kappa shape index (κ2) is 8.52. The number of benzene rings is 3. The first-order valence-corrected chi connectivity index (χ1v) is 9.21. The molecule has 1 aliphatic heterocycles. The van der Waals surface area contributed by atoms with Gasteiger partial charge in [0.25, 0.3) is 11.8 Å². The minimum Gasteiger partial charge on any atom is -0.496 e. The number of nitrogens with zero attached hydrogens (tertiary/aromatic N) is 1. The fraction of sp³-hybridized carbons (Fsp3) is 0.136. The van der Waals surface area contributed by atoms with Gasteiger partial charge in [0.1, 0.15) is 5.75 Å². The number of ether oxygens (including phenoxy) is 3. The van der Waals surface area contributed by atoms with Crippen LogP contribution in [0.3, 0.4) is 0 Å². The summed E-state index contributed by atoms with van der Waals surface area (Å²) in [5.41, 5.74) is 3.53. The maximum Gasteiger partial charge on any atom is 0.259 e. The molecule has 2 amide bonds. The zero-order chi connectivity index (χ0) is 20.9. The Labute approximate surface area is 172 Å². The van der Waals surface area contributed by atoms with Crippen molar-refractivity contribution in [3.05, 3.63) is 65.7 Å². The van der Waals surface area contributed by atoms with Crippen molar-refractivity contribution >= 4 is 28.8 Å². The summed E-state index contributed by atoms with van der Waals surface area (Å²) in [6, 6.07) is 16.4. The number of hydrogen-bond acceptors (Lipinski definition) is 6. The van der Waals surface area contributed by atoms with E-state index in [1.54, 1.807) is 25.3 Å². The van der Waals surface area contributed by atoms with Crippen LogP contribution < -0.4 is 25.0 Å². The highest BCUT2D eigenvalue weighted by Crippen LogP contribution is 2.32. The lowest BCUT2D eigenvalue weighted by atomic mass is 10.0. The molecule has 0 saturated heterocycles. The number of hydrazone groups is 1.